The predicted molar refractivity (Wildman–Crippen MR) is 134 cm³/mol. The Morgan fingerprint density at radius 2 is 2.00 bits per heavy atom. The molecule has 0 amide bonds. The number of anilines is 2. The van der Waals surface area contributed by atoms with E-state index in [-0.39, 0.29) is 30.1 Å². The zero-order chi connectivity index (χ0) is 24.9. The van der Waals surface area contributed by atoms with E-state index >= 15 is 0 Å². The van der Waals surface area contributed by atoms with Crippen LogP contribution < -0.4 is 10.2 Å². The highest BCUT2D eigenvalue weighted by Gasteiger charge is 2.36. The highest BCUT2D eigenvalue weighted by Crippen LogP contribution is 2.34. The molecule has 1 aliphatic rings. The first-order valence-electron chi connectivity index (χ1n) is 11.5. The molecule has 0 fully saturated rings. The minimum Gasteiger partial charge on any atom is -0.465 e. The standard InChI is InChI=1S/C25H34N4O4S/c1-6-14-29(24(15-18(3)4)25(30)33-7-2)34(31,32)21-10-8-20(9-11-21)17-28-19(5)27-22-16-26-13-12-23(22)28/h6,8-13,16,18-19,24,27H,1,7,14-15,17H2,2-5H3/t19?,24-/m0/s1. The summed E-state index contributed by atoms with van der Waals surface area (Å²) in [5.41, 5.74) is 3.00. The first-order chi connectivity index (χ1) is 16.2. The third-order valence-electron chi connectivity index (χ3n) is 5.73. The van der Waals surface area contributed by atoms with Gasteiger partial charge in [0.25, 0.3) is 0 Å². The van der Waals surface area contributed by atoms with Gasteiger partial charge >= 0.3 is 5.97 Å². The maximum absolute atomic E-state index is 13.6. The number of nitrogens with zero attached hydrogens (tertiary/aromatic N) is 3. The predicted octanol–water partition coefficient (Wildman–Crippen LogP) is 4.01. The van der Waals surface area contributed by atoms with E-state index in [0.29, 0.717) is 13.0 Å². The van der Waals surface area contributed by atoms with Gasteiger partial charge in [-0.25, -0.2) is 8.42 Å². The fourth-order valence-electron chi connectivity index (χ4n) is 4.12. The van der Waals surface area contributed by atoms with Gasteiger partial charge in [0.15, 0.2) is 0 Å². The number of hydrogen-bond donors (Lipinski definition) is 1. The SMILES string of the molecule is C=CCN([C@@H](CC(C)C)C(=O)OCC)S(=O)(=O)c1ccc(CN2c3ccncc3NC2C)cc1. The maximum Gasteiger partial charge on any atom is 0.324 e. The zero-order valence-electron chi connectivity index (χ0n) is 20.3. The molecule has 1 aliphatic heterocycles. The van der Waals surface area contributed by atoms with Gasteiger partial charge in [-0.15, -0.1) is 6.58 Å². The minimum atomic E-state index is -3.95. The number of ether oxygens (including phenoxy) is 1. The van der Waals surface area contributed by atoms with Crippen LogP contribution in [0.3, 0.4) is 0 Å². The Labute approximate surface area is 202 Å². The van der Waals surface area contributed by atoms with E-state index in [2.05, 4.69) is 28.7 Å². The van der Waals surface area contributed by atoms with E-state index in [1.54, 1.807) is 31.5 Å². The Kier molecular flexibility index (Phi) is 8.33. The van der Waals surface area contributed by atoms with Crippen LogP contribution in [0.5, 0.6) is 0 Å². The molecule has 1 N–H and O–H groups in total. The van der Waals surface area contributed by atoms with Crippen molar-refractivity contribution in [3.63, 3.8) is 0 Å². The van der Waals surface area contributed by atoms with E-state index in [4.69, 9.17) is 4.74 Å². The number of carbonyl (C=O) groups excluding carboxylic acids is 1. The molecule has 184 valence electrons. The second-order valence-electron chi connectivity index (χ2n) is 8.75. The lowest BCUT2D eigenvalue weighted by Gasteiger charge is -2.29. The lowest BCUT2D eigenvalue weighted by atomic mass is 10.0. The van der Waals surface area contributed by atoms with Crippen LogP contribution in [0, 0.1) is 5.92 Å². The average Bonchev–Trinajstić information content (AvgIpc) is 3.11. The molecule has 2 atom stereocenters. The number of sulfonamides is 1. The van der Waals surface area contributed by atoms with Gasteiger partial charge in [-0.2, -0.15) is 4.31 Å². The monoisotopic (exact) mass is 486 g/mol. The number of nitrogens with one attached hydrogen (secondary N) is 1. The molecule has 2 aromatic rings. The molecule has 1 aromatic heterocycles. The van der Waals surface area contributed by atoms with E-state index < -0.39 is 22.0 Å². The topological polar surface area (TPSA) is 91.8 Å². The molecular formula is C25H34N4O4S. The Hall–Kier alpha value is -2.91. The molecule has 3 rings (SSSR count). The van der Waals surface area contributed by atoms with Crippen LogP contribution in [-0.2, 0) is 26.1 Å². The normalized spacial score (nSPS) is 16.3. The molecule has 0 aliphatic carbocycles. The quantitative estimate of drug-likeness (QED) is 0.379. The largest absolute Gasteiger partial charge is 0.465 e. The van der Waals surface area contributed by atoms with Gasteiger partial charge < -0.3 is 15.0 Å². The smallest absolute Gasteiger partial charge is 0.324 e. The number of benzene rings is 1. The summed E-state index contributed by atoms with van der Waals surface area (Å²) in [4.78, 5) is 19.2. The summed E-state index contributed by atoms with van der Waals surface area (Å²) in [7, 11) is -3.95. The summed E-state index contributed by atoms with van der Waals surface area (Å²) in [6.45, 7) is 12.2. The van der Waals surface area contributed by atoms with E-state index in [1.165, 1.54) is 10.4 Å². The minimum absolute atomic E-state index is 0.0159. The van der Waals surface area contributed by atoms with Crippen LogP contribution in [0.25, 0.3) is 0 Å². The lowest BCUT2D eigenvalue weighted by Crippen LogP contribution is -2.46. The molecule has 0 spiro atoms. The highest BCUT2D eigenvalue weighted by molar-refractivity contribution is 7.89. The summed E-state index contributed by atoms with van der Waals surface area (Å²) in [6, 6.07) is 7.87. The molecule has 9 heteroatoms. The molecule has 0 saturated carbocycles. The summed E-state index contributed by atoms with van der Waals surface area (Å²) in [5.74, 6) is -0.435. The van der Waals surface area contributed by atoms with Crippen molar-refractivity contribution in [1.82, 2.24) is 9.29 Å². The Bertz CT molecular complexity index is 1100. The van der Waals surface area contributed by atoms with Crippen molar-refractivity contribution in [1.29, 1.82) is 0 Å². The first kappa shape index (κ1) is 25.7. The third kappa shape index (κ3) is 5.59. The Morgan fingerprint density at radius 1 is 1.29 bits per heavy atom. The van der Waals surface area contributed by atoms with Crippen LogP contribution in [0.2, 0.25) is 0 Å². The molecule has 0 saturated heterocycles. The Balaban J connectivity index is 1.85. The number of hydrogen-bond acceptors (Lipinski definition) is 7. The van der Waals surface area contributed by atoms with Crippen LogP contribution in [0.4, 0.5) is 11.4 Å². The second kappa shape index (κ2) is 11.0. The van der Waals surface area contributed by atoms with Crippen molar-refractivity contribution >= 4 is 27.4 Å². The second-order valence-corrected chi connectivity index (χ2v) is 10.6. The lowest BCUT2D eigenvalue weighted by molar-refractivity contribution is -0.148. The summed E-state index contributed by atoms with van der Waals surface area (Å²) in [5, 5.41) is 3.39. The van der Waals surface area contributed by atoms with Gasteiger partial charge in [-0.1, -0.05) is 32.1 Å². The van der Waals surface area contributed by atoms with Crippen molar-refractivity contribution in [2.24, 2.45) is 5.92 Å². The molecule has 2 heterocycles. The maximum atomic E-state index is 13.6. The van der Waals surface area contributed by atoms with E-state index in [1.807, 2.05) is 32.0 Å². The molecule has 1 unspecified atom stereocenters. The number of aromatic nitrogens is 1. The molecule has 8 nitrogen and oxygen atoms in total. The van der Waals surface area contributed by atoms with Crippen molar-refractivity contribution in [3.05, 3.63) is 60.9 Å². The molecule has 0 radical (unpaired) electrons. The zero-order valence-corrected chi connectivity index (χ0v) is 21.1. The van der Waals surface area contributed by atoms with E-state index in [0.717, 1.165) is 16.9 Å². The summed E-state index contributed by atoms with van der Waals surface area (Å²) in [6.07, 6.45) is 5.50. The molecular weight excluding hydrogens is 452 g/mol. The number of pyridine rings is 1. The van der Waals surface area contributed by atoms with Crippen molar-refractivity contribution < 1.29 is 17.9 Å². The van der Waals surface area contributed by atoms with Gasteiger partial charge in [-0.3, -0.25) is 9.78 Å². The van der Waals surface area contributed by atoms with Crippen molar-refractivity contribution in [2.75, 3.05) is 23.4 Å². The molecule has 0 bridgehead atoms. The van der Waals surface area contributed by atoms with E-state index in [9.17, 15) is 13.2 Å². The molecule has 1 aromatic carbocycles. The van der Waals surface area contributed by atoms with Crippen LogP contribution in [-0.4, -0.2) is 49.0 Å². The van der Waals surface area contributed by atoms with Crippen LogP contribution >= 0.6 is 0 Å². The number of rotatable bonds is 11. The average molecular weight is 487 g/mol. The third-order valence-corrected chi connectivity index (χ3v) is 7.62. The van der Waals surface area contributed by atoms with Crippen molar-refractivity contribution in [3.8, 4) is 0 Å². The van der Waals surface area contributed by atoms with Crippen LogP contribution in [0.15, 0.2) is 60.3 Å². The number of fused-ring (bicyclic) bond motifs is 1. The van der Waals surface area contributed by atoms with Gasteiger partial charge in [0.2, 0.25) is 10.0 Å². The van der Waals surface area contributed by atoms with Crippen molar-refractivity contribution in [2.45, 2.75) is 57.8 Å². The van der Waals surface area contributed by atoms with Gasteiger partial charge in [0.05, 0.1) is 35.2 Å². The number of carbonyl (C=O) groups is 1. The van der Waals surface area contributed by atoms with Crippen LogP contribution in [0.1, 0.15) is 39.7 Å². The fourth-order valence-corrected chi connectivity index (χ4v) is 5.68. The Morgan fingerprint density at radius 3 is 2.62 bits per heavy atom. The van der Waals surface area contributed by atoms with Gasteiger partial charge in [-0.05, 0) is 49.9 Å². The first-order valence-corrected chi connectivity index (χ1v) is 13.0. The van der Waals surface area contributed by atoms with Gasteiger partial charge in [0, 0.05) is 19.3 Å². The highest BCUT2D eigenvalue weighted by atomic mass is 32.2. The fraction of sp³-hybridized carbons (Fsp3) is 0.440. The van der Waals surface area contributed by atoms with Gasteiger partial charge in [0.1, 0.15) is 6.04 Å². The summed E-state index contributed by atoms with van der Waals surface area (Å²) >= 11 is 0. The summed E-state index contributed by atoms with van der Waals surface area (Å²) < 4.78 is 33.5. The molecule has 34 heavy (non-hydrogen) atoms. The number of esters is 1.